The lowest BCUT2D eigenvalue weighted by molar-refractivity contribution is -0.143. The minimum absolute atomic E-state index is 0.0422. The Morgan fingerprint density at radius 2 is 1.60 bits per heavy atom. The predicted octanol–water partition coefficient (Wildman–Crippen LogP) is 5.74. The Morgan fingerprint density at radius 3 is 2.03 bits per heavy atom. The third-order valence-corrected chi connectivity index (χ3v) is 3.58. The number of nitrogens with zero attached hydrogens (tertiary/aromatic N) is 2. The second-order valence-corrected chi connectivity index (χ2v) is 5.66. The van der Waals surface area contributed by atoms with Crippen LogP contribution in [-0.4, -0.2) is 15.7 Å². The molecule has 1 amide bonds. The minimum Gasteiger partial charge on any atom is -0.322 e. The Labute approximate surface area is 163 Å². The monoisotopic (exact) mass is 437 g/mol. The summed E-state index contributed by atoms with van der Waals surface area (Å²) < 4.78 is 104. The van der Waals surface area contributed by atoms with Gasteiger partial charge in [-0.3, -0.25) is 4.79 Å². The number of carbonyl (C=O) groups is 1. The summed E-state index contributed by atoms with van der Waals surface area (Å²) in [6, 6.07) is 3.72. The van der Waals surface area contributed by atoms with Crippen molar-refractivity contribution in [1.29, 1.82) is 0 Å². The molecule has 4 nitrogen and oxygen atoms in total. The lowest BCUT2D eigenvalue weighted by atomic mass is 10.2. The number of aromatic nitrogens is 2. The van der Waals surface area contributed by atoms with Crippen molar-refractivity contribution in [2.24, 2.45) is 0 Å². The molecule has 30 heavy (non-hydrogen) atoms. The first-order valence-electron chi connectivity index (χ1n) is 7.79. The molecule has 0 aliphatic heterocycles. The van der Waals surface area contributed by atoms with Gasteiger partial charge < -0.3 is 5.32 Å². The van der Waals surface area contributed by atoms with Crippen LogP contribution in [0.3, 0.4) is 0 Å². The van der Waals surface area contributed by atoms with Crippen LogP contribution < -0.4 is 5.32 Å². The fourth-order valence-corrected chi connectivity index (χ4v) is 2.26. The molecule has 1 aromatic heterocycles. The van der Waals surface area contributed by atoms with Gasteiger partial charge in [-0.1, -0.05) is 13.2 Å². The summed E-state index contributed by atoms with van der Waals surface area (Å²) in [4.78, 5) is 12.0. The predicted molar refractivity (Wildman–Crippen MR) is 90.8 cm³/mol. The van der Waals surface area contributed by atoms with Crippen LogP contribution in [0.15, 0.2) is 66.8 Å². The smallest absolute Gasteiger partial charge is 0.322 e. The Hall–Kier alpha value is -3.44. The van der Waals surface area contributed by atoms with Gasteiger partial charge >= 0.3 is 12.4 Å². The molecule has 0 spiro atoms. The number of benzene rings is 1. The van der Waals surface area contributed by atoms with Crippen molar-refractivity contribution in [1.82, 2.24) is 9.78 Å². The highest BCUT2D eigenvalue weighted by molar-refractivity contribution is 6.07. The molecule has 0 saturated heterocycles. The van der Waals surface area contributed by atoms with Crippen molar-refractivity contribution in [3.63, 3.8) is 0 Å². The number of nitrogens with one attached hydrogen (secondary N) is 1. The van der Waals surface area contributed by atoms with Crippen LogP contribution in [0.2, 0.25) is 0 Å². The second-order valence-electron chi connectivity index (χ2n) is 5.66. The molecule has 0 aliphatic rings. The summed E-state index contributed by atoms with van der Waals surface area (Å²) in [5.74, 6) is -3.96. The molecule has 12 heteroatoms. The second kappa shape index (κ2) is 8.13. The standard InChI is InChI=1S/C18H11F8N3O/c1-3-12(20)15(9(2)19)16(30)27-10-4-6-11(7-5-10)29-14(18(24,25)26)8-13(28-29)17(21,22)23/h3-8H,1-2H2,(H,27,30)/b15-12-. The number of halogens is 8. The Bertz CT molecular complexity index is 1010. The van der Waals surface area contributed by atoms with Gasteiger partial charge in [-0.15, -0.1) is 0 Å². The summed E-state index contributed by atoms with van der Waals surface area (Å²) in [5.41, 5.74) is -4.98. The highest BCUT2D eigenvalue weighted by atomic mass is 19.4. The third kappa shape index (κ3) is 4.93. The normalized spacial score (nSPS) is 12.9. The maximum atomic E-state index is 13.5. The number of carbonyl (C=O) groups excluding carboxylic acids is 1. The van der Waals surface area contributed by atoms with Gasteiger partial charge in [-0.2, -0.15) is 31.4 Å². The summed E-state index contributed by atoms with van der Waals surface area (Å²) in [5, 5.41) is 5.02. The zero-order valence-electron chi connectivity index (χ0n) is 14.7. The highest BCUT2D eigenvalue weighted by Gasteiger charge is 2.42. The molecular weight excluding hydrogens is 426 g/mol. The van der Waals surface area contributed by atoms with E-state index in [1.807, 2.05) is 0 Å². The maximum Gasteiger partial charge on any atom is 0.435 e. The number of hydrogen-bond donors (Lipinski definition) is 1. The van der Waals surface area contributed by atoms with Gasteiger partial charge in [0, 0.05) is 11.8 Å². The number of hydrogen-bond acceptors (Lipinski definition) is 2. The van der Waals surface area contributed by atoms with Crippen molar-refractivity contribution in [2.45, 2.75) is 12.4 Å². The van der Waals surface area contributed by atoms with Crippen LogP contribution in [0, 0.1) is 0 Å². The fourth-order valence-electron chi connectivity index (χ4n) is 2.26. The van der Waals surface area contributed by atoms with Gasteiger partial charge in [0.1, 0.15) is 22.9 Å². The number of alkyl halides is 6. The van der Waals surface area contributed by atoms with Crippen molar-refractivity contribution in [2.75, 3.05) is 5.32 Å². The van der Waals surface area contributed by atoms with Crippen LogP contribution in [0.1, 0.15) is 11.4 Å². The number of rotatable bonds is 5. The molecule has 0 atom stereocenters. The topological polar surface area (TPSA) is 46.9 Å². The summed E-state index contributed by atoms with van der Waals surface area (Å²) >= 11 is 0. The molecule has 0 radical (unpaired) electrons. The van der Waals surface area contributed by atoms with Crippen LogP contribution in [0.5, 0.6) is 0 Å². The molecule has 0 bridgehead atoms. The molecule has 160 valence electrons. The van der Waals surface area contributed by atoms with Crippen molar-refractivity contribution < 1.29 is 39.9 Å². The van der Waals surface area contributed by atoms with Crippen LogP contribution in [0.4, 0.5) is 40.8 Å². The van der Waals surface area contributed by atoms with Gasteiger partial charge in [0.05, 0.1) is 5.69 Å². The van der Waals surface area contributed by atoms with E-state index < -0.39 is 52.6 Å². The zero-order valence-corrected chi connectivity index (χ0v) is 14.7. The first kappa shape index (κ1) is 22.8. The molecule has 0 fully saturated rings. The van der Waals surface area contributed by atoms with Gasteiger partial charge in [-0.05, 0) is 30.3 Å². The van der Waals surface area contributed by atoms with Crippen LogP contribution in [-0.2, 0) is 17.1 Å². The average Bonchev–Trinajstić information content (AvgIpc) is 3.08. The number of anilines is 1. The minimum atomic E-state index is -5.13. The summed E-state index contributed by atoms with van der Waals surface area (Å²) in [7, 11) is 0. The quantitative estimate of drug-likeness (QED) is 0.368. The van der Waals surface area contributed by atoms with E-state index in [1.54, 1.807) is 0 Å². The van der Waals surface area contributed by atoms with E-state index in [1.165, 1.54) is 0 Å². The molecule has 0 saturated carbocycles. The molecule has 0 unspecified atom stereocenters. The SMILES string of the molecule is C=C/C(F)=C(\C(=C)F)C(=O)Nc1ccc(-n2nc(C(F)(F)F)cc2C(F)(F)F)cc1. The first-order valence-corrected chi connectivity index (χ1v) is 7.79. The van der Waals surface area contributed by atoms with E-state index in [-0.39, 0.29) is 16.4 Å². The Balaban J connectivity index is 2.39. The zero-order chi connectivity index (χ0) is 22.9. The van der Waals surface area contributed by atoms with E-state index in [0.29, 0.717) is 6.08 Å². The molecule has 2 aromatic rings. The van der Waals surface area contributed by atoms with E-state index in [4.69, 9.17) is 0 Å². The van der Waals surface area contributed by atoms with Crippen LogP contribution >= 0.6 is 0 Å². The molecule has 1 heterocycles. The van der Waals surface area contributed by atoms with Crippen molar-refractivity contribution in [3.8, 4) is 5.69 Å². The van der Waals surface area contributed by atoms with E-state index in [9.17, 15) is 39.9 Å². The summed E-state index contributed by atoms with van der Waals surface area (Å²) in [6.07, 6.45) is -9.67. The van der Waals surface area contributed by atoms with E-state index in [2.05, 4.69) is 23.6 Å². The van der Waals surface area contributed by atoms with Crippen molar-refractivity contribution in [3.05, 3.63) is 78.2 Å². The lowest BCUT2D eigenvalue weighted by Gasteiger charge is -2.11. The largest absolute Gasteiger partial charge is 0.435 e. The number of allylic oxidation sites excluding steroid dienone is 2. The number of amides is 1. The first-order chi connectivity index (χ1) is 13.8. The average molecular weight is 437 g/mol. The third-order valence-electron chi connectivity index (χ3n) is 3.58. The van der Waals surface area contributed by atoms with Crippen LogP contribution in [0.25, 0.3) is 5.69 Å². The van der Waals surface area contributed by atoms with Gasteiger partial charge in [0.25, 0.3) is 5.91 Å². The molecule has 2 rings (SSSR count). The molecular formula is C18H11F8N3O. The molecule has 1 N–H and O–H groups in total. The lowest BCUT2D eigenvalue weighted by Crippen LogP contribution is -2.16. The van der Waals surface area contributed by atoms with E-state index >= 15 is 0 Å². The summed E-state index contributed by atoms with van der Waals surface area (Å²) in [6.45, 7) is 5.86. The highest BCUT2D eigenvalue weighted by Crippen LogP contribution is 2.36. The molecule has 1 aromatic carbocycles. The van der Waals surface area contributed by atoms with Gasteiger partial charge in [0.2, 0.25) is 0 Å². The van der Waals surface area contributed by atoms with E-state index in [0.717, 1.165) is 24.3 Å². The Morgan fingerprint density at radius 1 is 1.03 bits per heavy atom. The van der Waals surface area contributed by atoms with Gasteiger partial charge in [-0.25, -0.2) is 13.5 Å². The van der Waals surface area contributed by atoms with Crippen molar-refractivity contribution >= 4 is 11.6 Å². The van der Waals surface area contributed by atoms with Gasteiger partial charge in [0.15, 0.2) is 5.69 Å². The Kier molecular flexibility index (Phi) is 6.19. The maximum absolute atomic E-state index is 13.5. The fraction of sp³-hybridized carbons (Fsp3) is 0.111. The molecule has 0 aliphatic carbocycles.